The molecule has 2 aliphatic rings. The lowest BCUT2D eigenvalue weighted by molar-refractivity contribution is -0.116. The fraction of sp³-hybridized carbons (Fsp3) is 0.519. The van der Waals surface area contributed by atoms with Crippen molar-refractivity contribution < 1.29 is 9.53 Å². The molecule has 1 unspecified atom stereocenters. The second-order valence-electron chi connectivity index (χ2n) is 9.83. The van der Waals surface area contributed by atoms with Gasteiger partial charge in [0.1, 0.15) is 22.9 Å². The van der Waals surface area contributed by atoms with E-state index >= 15 is 0 Å². The second kappa shape index (κ2) is 10.5. The summed E-state index contributed by atoms with van der Waals surface area (Å²) in [6, 6.07) is 7.43. The summed E-state index contributed by atoms with van der Waals surface area (Å²) in [6.45, 7) is 7.42. The molecular weight excluding hydrogens is 460 g/mol. The number of nitrogens with zero attached hydrogens (tertiary/aromatic N) is 3. The topological polar surface area (TPSA) is 76.5 Å². The molecule has 2 aromatic heterocycles. The molecule has 1 saturated heterocycles. The van der Waals surface area contributed by atoms with E-state index in [0.29, 0.717) is 36.3 Å². The summed E-state index contributed by atoms with van der Waals surface area (Å²) in [5.41, 5.74) is 1.69. The number of rotatable bonds is 8. The third-order valence-electron chi connectivity index (χ3n) is 6.98. The molecule has 35 heavy (non-hydrogen) atoms. The van der Waals surface area contributed by atoms with Crippen LogP contribution in [0.4, 0.5) is 5.69 Å². The molecule has 8 heteroatoms. The molecule has 1 aromatic carbocycles. The van der Waals surface area contributed by atoms with Crippen molar-refractivity contribution in [1.29, 1.82) is 0 Å². The number of thiophene rings is 1. The van der Waals surface area contributed by atoms with Crippen LogP contribution in [0.5, 0.6) is 5.75 Å². The number of anilines is 1. The number of amides is 1. The third-order valence-corrected chi connectivity index (χ3v) is 8.13. The predicted molar refractivity (Wildman–Crippen MR) is 140 cm³/mol. The van der Waals surface area contributed by atoms with Gasteiger partial charge in [0, 0.05) is 4.88 Å². The molecule has 3 heterocycles. The van der Waals surface area contributed by atoms with Crippen molar-refractivity contribution in [1.82, 2.24) is 14.5 Å². The smallest absolute Gasteiger partial charge is 0.263 e. The number of benzene rings is 1. The number of likely N-dealkylation sites (tertiary alicyclic amines) is 1. The fourth-order valence-electron chi connectivity index (χ4n) is 5.13. The van der Waals surface area contributed by atoms with E-state index in [2.05, 4.69) is 17.1 Å². The van der Waals surface area contributed by atoms with Gasteiger partial charge in [-0.05, 0) is 75.2 Å². The lowest BCUT2D eigenvalue weighted by atomic mass is 9.89. The normalized spacial score (nSPS) is 18.1. The van der Waals surface area contributed by atoms with E-state index in [-0.39, 0.29) is 18.0 Å². The van der Waals surface area contributed by atoms with Crippen LogP contribution in [0.1, 0.15) is 55.8 Å². The maximum atomic E-state index is 13.8. The molecule has 1 aliphatic carbocycles. The molecule has 1 fully saturated rings. The minimum Gasteiger partial charge on any atom is -0.491 e. The highest BCUT2D eigenvalue weighted by molar-refractivity contribution is 7.18. The zero-order chi connectivity index (χ0) is 24.4. The van der Waals surface area contributed by atoms with Gasteiger partial charge in [0.05, 0.1) is 24.2 Å². The first kappa shape index (κ1) is 24.0. The summed E-state index contributed by atoms with van der Waals surface area (Å²) in [7, 11) is 0. The molecule has 0 saturated carbocycles. The minimum atomic E-state index is -0.249. The van der Waals surface area contributed by atoms with Crippen LogP contribution in [0.25, 0.3) is 10.2 Å². The summed E-state index contributed by atoms with van der Waals surface area (Å²) in [6.07, 6.45) is 6.20. The van der Waals surface area contributed by atoms with Crippen LogP contribution in [-0.2, 0) is 30.7 Å². The lowest BCUT2D eigenvalue weighted by Gasteiger charge is -2.19. The highest BCUT2D eigenvalue weighted by Crippen LogP contribution is 2.36. The van der Waals surface area contributed by atoms with Crippen molar-refractivity contribution in [3.05, 3.63) is 50.9 Å². The zero-order valence-corrected chi connectivity index (χ0v) is 21.5. The van der Waals surface area contributed by atoms with Gasteiger partial charge in [0.25, 0.3) is 5.56 Å². The minimum absolute atomic E-state index is 0.0614. The van der Waals surface area contributed by atoms with Crippen molar-refractivity contribution in [3.63, 3.8) is 0 Å². The number of hydrogen-bond acceptors (Lipinski definition) is 6. The van der Waals surface area contributed by atoms with Gasteiger partial charge in [-0.25, -0.2) is 4.98 Å². The van der Waals surface area contributed by atoms with E-state index in [9.17, 15) is 9.59 Å². The van der Waals surface area contributed by atoms with Gasteiger partial charge in [0.2, 0.25) is 5.91 Å². The molecule has 1 amide bonds. The Bertz CT molecular complexity index is 1280. The number of aryl methyl sites for hydroxylation is 1. The highest BCUT2D eigenvalue weighted by Gasteiger charge is 2.26. The number of para-hydroxylation sites is 2. The van der Waals surface area contributed by atoms with Gasteiger partial charge in [-0.2, -0.15) is 0 Å². The molecular formula is C27H34N4O3S. The predicted octanol–water partition coefficient (Wildman–Crippen LogP) is 4.61. The standard InChI is InChI=1S/C27H34N4O3S/c1-3-14-34-21-9-5-4-8-20(21)28-24(32)17-31-23(16-30-12-6-7-13-30)29-26-25(27(31)33)19-11-10-18(2)15-22(19)35-26/h4-5,8-9,18H,3,6-7,10-17H2,1-2H3,(H,28,32). The summed E-state index contributed by atoms with van der Waals surface area (Å²) in [5, 5.41) is 3.69. The van der Waals surface area contributed by atoms with Crippen molar-refractivity contribution in [2.75, 3.05) is 25.0 Å². The Hall–Kier alpha value is -2.71. The maximum absolute atomic E-state index is 13.8. The lowest BCUT2D eigenvalue weighted by Crippen LogP contribution is -2.34. The number of nitrogens with one attached hydrogen (secondary N) is 1. The van der Waals surface area contributed by atoms with Crippen LogP contribution in [0.15, 0.2) is 29.1 Å². The first-order chi connectivity index (χ1) is 17.0. The van der Waals surface area contributed by atoms with E-state index in [1.165, 1.54) is 4.88 Å². The molecule has 7 nitrogen and oxygen atoms in total. The maximum Gasteiger partial charge on any atom is 0.263 e. The first-order valence-corrected chi connectivity index (χ1v) is 13.6. The number of hydrogen-bond donors (Lipinski definition) is 1. The number of fused-ring (bicyclic) bond motifs is 3. The zero-order valence-electron chi connectivity index (χ0n) is 20.6. The fourth-order valence-corrected chi connectivity index (χ4v) is 6.52. The van der Waals surface area contributed by atoms with Gasteiger partial charge < -0.3 is 10.1 Å². The Morgan fingerprint density at radius 2 is 2.06 bits per heavy atom. The molecule has 0 bridgehead atoms. The van der Waals surface area contributed by atoms with Crippen molar-refractivity contribution >= 4 is 33.1 Å². The van der Waals surface area contributed by atoms with Crippen LogP contribution in [0.2, 0.25) is 0 Å². The Morgan fingerprint density at radius 3 is 2.86 bits per heavy atom. The average molecular weight is 495 g/mol. The van der Waals surface area contributed by atoms with Crippen LogP contribution in [0.3, 0.4) is 0 Å². The monoisotopic (exact) mass is 494 g/mol. The van der Waals surface area contributed by atoms with Crippen LogP contribution >= 0.6 is 11.3 Å². The molecule has 1 atom stereocenters. The van der Waals surface area contributed by atoms with Crippen molar-refractivity contribution in [3.8, 4) is 5.75 Å². The van der Waals surface area contributed by atoms with E-state index in [0.717, 1.165) is 67.4 Å². The quantitative estimate of drug-likeness (QED) is 0.495. The molecule has 5 rings (SSSR count). The Balaban J connectivity index is 1.48. The Morgan fingerprint density at radius 1 is 1.26 bits per heavy atom. The van der Waals surface area contributed by atoms with Gasteiger partial charge in [-0.15, -0.1) is 11.3 Å². The average Bonchev–Trinajstić information content (AvgIpc) is 3.48. The van der Waals surface area contributed by atoms with E-state index in [4.69, 9.17) is 9.72 Å². The van der Waals surface area contributed by atoms with E-state index in [1.807, 2.05) is 31.2 Å². The molecule has 0 spiro atoms. The number of carbonyl (C=O) groups is 1. The van der Waals surface area contributed by atoms with Gasteiger partial charge >= 0.3 is 0 Å². The van der Waals surface area contributed by atoms with Gasteiger partial charge in [-0.3, -0.25) is 19.1 Å². The molecule has 0 radical (unpaired) electrons. The number of carbonyl (C=O) groups excluding carboxylic acids is 1. The molecule has 1 N–H and O–H groups in total. The van der Waals surface area contributed by atoms with Crippen LogP contribution in [0, 0.1) is 5.92 Å². The van der Waals surface area contributed by atoms with Crippen molar-refractivity contribution in [2.45, 2.75) is 65.5 Å². The second-order valence-corrected chi connectivity index (χ2v) is 10.9. The number of ether oxygens (including phenoxy) is 1. The third kappa shape index (κ3) is 5.14. The molecule has 3 aromatic rings. The Labute approximate surface area is 210 Å². The SMILES string of the molecule is CCCOc1ccccc1NC(=O)Cn1c(CN2CCCC2)nc2sc3c(c2c1=O)CCC(C)C3. The van der Waals surface area contributed by atoms with Crippen LogP contribution in [-0.4, -0.2) is 40.1 Å². The van der Waals surface area contributed by atoms with Gasteiger partial charge in [-0.1, -0.05) is 26.0 Å². The largest absolute Gasteiger partial charge is 0.491 e. The summed E-state index contributed by atoms with van der Waals surface area (Å²) in [5.74, 6) is 1.70. The molecule has 186 valence electrons. The van der Waals surface area contributed by atoms with E-state index in [1.54, 1.807) is 15.9 Å². The molecule has 1 aliphatic heterocycles. The van der Waals surface area contributed by atoms with E-state index < -0.39 is 0 Å². The van der Waals surface area contributed by atoms with Crippen LogP contribution < -0.4 is 15.6 Å². The number of aromatic nitrogens is 2. The summed E-state index contributed by atoms with van der Waals surface area (Å²) < 4.78 is 7.40. The van der Waals surface area contributed by atoms with Gasteiger partial charge in [0.15, 0.2) is 0 Å². The van der Waals surface area contributed by atoms with Crippen molar-refractivity contribution in [2.24, 2.45) is 5.92 Å². The highest BCUT2D eigenvalue weighted by atomic mass is 32.1. The summed E-state index contributed by atoms with van der Waals surface area (Å²) in [4.78, 5) is 36.5. The summed E-state index contributed by atoms with van der Waals surface area (Å²) >= 11 is 1.67. The Kier molecular flexibility index (Phi) is 7.20. The first-order valence-electron chi connectivity index (χ1n) is 12.8.